The number of carbonyl (C=O) groups excluding carboxylic acids is 1. The highest BCUT2D eigenvalue weighted by molar-refractivity contribution is 5.94. The van der Waals surface area contributed by atoms with Crippen LogP contribution in [-0.2, 0) is 11.3 Å². The van der Waals surface area contributed by atoms with Gasteiger partial charge in [-0.15, -0.1) is 0 Å². The lowest BCUT2D eigenvalue weighted by Gasteiger charge is -2.30. The molecule has 2 aromatic rings. The first-order valence-corrected chi connectivity index (χ1v) is 7.95. The first kappa shape index (κ1) is 15.6. The first-order chi connectivity index (χ1) is 11.3. The van der Waals surface area contributed by atoms with E-state index in [0.717, 1.165) is 43.9 Å². The molecular formula is C18H22N2O3. The van der Waals surface area contributed by atoms with Crippen LogP contribution in [0.5, 0.6) is 5.75 Å². The summed E-state index contributed by atoms with van der Waals surface area (Å²) in [4.78, 5) is 14.8. The van der Waals surface area contributed by atoms with E-state index in [1.54, 1.807) is 13.4 Å². The Bertz CT molecular complexity index is 631. The molecule has 1 aromatic heterocycles. The molecule has 2 heterocycles. The maximum Gasteiger partial charge on any atom is 0.227 e. The summed E-state index contributed by atoms with van der Waals surface area (Å²) in [7, 11) is 1.61. The van der Waals surface area contributed by atoms with E-state index >= 15 is 0 Å². The van der Waals surface area contributed by atoms with Gasteiger partial charge in [-0.25, -0.2) is 0 Å². The molecule has 0 unspecified atom stereocenters. The molecule has 1 aromatic carbocycles. The molecule has 1 fully saturated rings. The summed E-state index contributed by atoms with van der Waals surface area (Å²) < 4.78 is 10.7. The van der Waals surface area contributed by atoms with Gasteiger partial charge in [-0.05, 0) is 50.2 Å². The van der Waals surface area contributed by atoms with Gasteiger partial charge in [-0.3, -0.25) is 9.69 Å². The molecule has 0 bridgehead atoms. The van der Waals surface area contributed by atoms with Crippen molar-refractivity contribution in [2.45, 2.75) is 19.4 Å². The van der Waals surface area contributed by atoms with Gasteiger partial charge in [0.05, 0.1) is 25.6 Å². The van der Waals surface area contributed by atoms with Crippen LogP contribution in [0, 0.1) is 5.92 Å². The fourth-order valence-corrected chi connectivity index (χ4v) is 2.96. The molecule has 1 aliphatic rings. The maximum absolute atomic E-state index is 12.5. The Labute approximate surface area is 136 Å². The number of nitrogens with one attached hydrogen (secondary N) is 1. The first-order valence-electron chi connectivity index (χ1n) is 7.95. The van der Waals surface area contributed by atoms with Crippen LogP contribution in [0.1, 0.15) is 18.6 Å². The number of methoxy groups -OCH3 is 1. The lowest BCUT2D eigenvalue weighted by molar-refractivity contribution is -0.121. The van der Waals surface area contributed by atoms with Gasteiger partial charge in [0.15, 0.2) is 0 Å². The lowest BCUT2D eigenvalue weighted by Crippen LogP contribution is -2.37. The molecule has 1 N–H and O–H groups in total. The molecule has 0 radical (unpaired) electrons. The number of hydrogen-bond donors (Lipinski definition) is 1. The molecular weight excluding hydrogens is 292 g/mol. The van der Waals surface area contributed by atoms with E-state index in [4.69, 9.17) is 9.15 Å². The topological polar surface area (TPSA) is 54.7 Å². The number of rotatable bonds is 5. The van der Waals surface area contributed by atoms with Gasteiger partial charge in [-0.1, -0.05) is 12.1 Å². The van der Waals surface area contributed by atoms with E-state index in [9.17, 15) is 4.79 Å². The number of anilines is 1. The molecule has 0 atom stereocenters. The summed E-state index contributed by atoms with van der Waals surface area (Å²) in [5.74, 6) is 1.79. The number of furan rings is 1. The standard InChI is InChI=1S/C18H22N2O3/c1-22-17-7-3-2-6-16(17)19-18(21)14-8-10-20(11-9-14)13-15-5-4-12-23-15/h2-7,12,14H,8-11,13H2,1H3,(H,19,21). The molecule has 0 saturated carbocycles. The van der Waals surface area contributed by atoms with Gasteiger partial charge in [-0.2, -0.15) is 0 Å². The van der Waals surface area contributed by atoms with Gasteiger partial charge in [0.1, 0.15) is 11.5 Å². The number of likely N-dealkylation sites (tertiary alicyclic amines) is 1. The molecule has 1 aliphatic heterocycles. The minimum Gasteiger partial charge on any atom is -0.495 e. The Hall–Kier alpha value is -2.27. The highest BCUT2D eigenvalue weighted by atomic mass is 16.5. The Morgan fingerprint density at radius 2 is 2.04 bits per heavy atom. The Kier molecular flexibility index (Phi) is 4.98. The molecule has 23 heavy (non-hydrogen) atoms. The Balaban J connectivity index is 1.52. The second-order valence-electron chi connectivity index (χ2n) is 5.82. The maximum atomic E-state index is 12.5. The minimum atomic E-state index is 0.0489. The summed E-state index contributed by atoms with van der Waals surface area (Å²) in [6, 6.07) is 11.4. The Morgan fingerprint density at radius 3 is 2.74 bits per heavy atom. The highest BCUT2D eigenvalue weighted by Gasteiger charge is 2.25. The van der Waals surface area contributed by atoms with Crippen LogP contribution in [0.3, 0.4) is 0 Å². The van der Waals surface area contributed by atoms with Crippen LogP contribution >= 0.6 is 0 Å². The number of benzene rings is 1. The number of para-hydroxylation sites is 2. The molecule has 1 saturated heterocycles. The second-order valence-corrected chi connectivity index (χ2v) is 5.82. The summed E-state index contributed by atoms with van der Waals surface area (Å²) in [6.07, 6.45) is 3.42. The van der Waals surface area contributed by atoms with E-state index < -0.39 is 0 Å². The predicted octanol–water partition coefficient (Wildman–Crippen LogP) is 3.14. The largest absolute Gasteiger partial charge is 0.495 e. The number of piperidine rings is 1. The average Bonchev–Trinajstić information content (AvgIpc) is 3.09. The number of ether oxygens (including phenoxy) is 1. The molecule has 3 rings (SSSR count). The zero-order chi connectivity index (χ0) is 16.1. The molecule has 122 valence electrons. The van der Waals surface area contributed by atoms with Crippen LogP contribution < -0.4 is 10.1 Å². The van der Waals surface area contributed by atoms with Gasteiger partial charge < -0.3 is 14.5 Å². The van der Waals surface area contributed by atoms with Crippen molar-refractivity contribution in [2.24, 2.45) is 5.92 Å². The highest BCUT2D eigenvalue weighted by Crippen LogP contribution is 2.26. The van der Waals surface area contributed by atoms with Gasteiger partial charge in [0, 0.05) is 5.92 Å². The van der Waals surface area contributed by atoms with Crippen molar-refractivity contribution in [1.82, 2.24) is 4.90 Å². The molecule has 5 heteroatoms. The van der Waals surface area contributed by atoms with Crippen molar-refractivity contribution in [3.05, 3.63) is 48.4 Å². The molecule has 0 spiro atoms. The second kappa shape index (κ2) is 7.33. The third-order valence-corrected chi connectivity index (χ3v) is 4.28. The summed E-state index contributed by atoms with van der Waals surface area (Å²) >= 11 is 0. The smallest absolute Gasteiger partial charge is 0.227 e. The van der Waals surface area contributed by atoms with E-state index in [1.165, 1.54) is 0 Å². The lowest BCUT2D eigenvalue weighted by atomic mass is 9.95. The summed E-state index contributed by atoms with van der Waals surface area (Å²) in [5, 5.41) is 2.99. The van der Waals surface area contributed by atoms with Crippen LogP contribution in [0.2, 0.25) is 0 Å². The van der Waals surface area contributed by atoms with E-state index in [1.807, 2.05) is 36.4 Å². The summed E-state index contributed by atoms with van der Waals surface area (Å²) in [5.41, 5.74) is 0.734. The quantitative estimate of drug-likeness (QED) is 0.921. The van der Waals surface area contributed by atoms with Crippen LogP contribution in [0.4, 0.5) is 5.69 Å². The van der Waals surface area contributed by atoms with Crippen molar-refractivity contribution in [1.29, 1.82) is 0 Å². The van der Waals surface area contributed by atoms with Gasteiger partial charge in [0.2, 0.25) is 5.91 Å². The molecule has 0 aliphatic carbocycles. The van der Waals surface area contributed by atoms with Crippen LogP contribution in [0.25, 0.3) is 0 Å². The zero-order valence-corrected chi connectivity index (χ0v) is 13.3. The van der Waals surface area contributed by atoms with Crippen molar-refractivity contribution in [3.63, 3.8) is 0 Å². The number of carbonyl (C=O) groups is 1. The predicted molar refractivity (Wildman–Crippen MR) is 88.3 cm³/mol. The zero-order valence-electron chi connectivity index (χ0n) is 13.3. The van der Waals surface area contributed by atoms with Crippen molar-refractivity contribution >= 4 is 11.6 Å². The minimum absolute atomic E-state index is 0.0489. The fraction of sp³-hybridized carbons (Fsp3) is 0.389. The molecule has 5 nitrogen and oxygen atoms in total. The van der Waals surface area contributed by atoms with Crippen LogP contribution in [0.15, 0.2) is 47.1 Å². The third-order valence-electron chi connectivity index (χ3n) is 4.28. The SMILES string of the molecule is COc1ccccc1NC(=O)C1CCN(Cc2ccco2)CC1. The van der Waals surface area contributed by atoms with E-state index in [-0.39, 0.29) is 11.8 Å². The molecule has 1 amide bonds. The monoisotopic (exact) mass is 314 g/mol. The summed E-state index contributed by atoms with van der Waals surface area (Å²) in [6.45, 7) is 2.63. The number of nitrogens with zero attached hydrogens (tertiary/aromatic N) is 1. The van der Waals surface area contributed by atoms with Gasteiger partial charge >= 0.3 is 0 Å². The van der Waals surface area contributed by atoms with Crippen molar-refractivity contribution < 1.29 is 13.9 Å². The average molecular weight is 314 g/mol. The van der Waals surface area contributed by atoms with Gasteiger partial charge in [0.25, 0.3) is 0 Å². The Morgan fingerprint density at radius 1 is 1.26 bits per heavy atom. The van der Waals surface area contributed by atoms with Crippen molar-refractivity contribution in [2.75, 3.05) is 25.5 Å². The third kappa shape index (κ3) is 3.93. The normalized spacial score (nSPS) is 16.2. The van der Waals surface area contributed by atoms with Crippen LogP contribution in [-0.4, -0.2) is 31.0 Å². The fourth-order valence-electron chi connectivity index (χ4n) is 2.96. The number of amides is 1. The van der Waals surface area contributed by atoms with E-state index in [0.29, 0.717) is 5.75 Å². The number of hydrogen-bond acceptors (Lipinski definition) is 4. The van der Waals surface area contributed by atoms with Crippen molar-refractivity contribution in [3.8, 4) is 5.75 Å². The van der Waals surface area contributed by atoms with E-state index in [2.05, 4.69) is 10.2 Å².